The van der Waals surface area contributed by atoms with Crippen LogP contribution in [0.5, 0.6) is 0 Å². The highest BCUT2D eigenvalue weighted by molar-refractivity contribution is 5.70. The number of anilines is 1. The summed E-state index contributed by atoms with van der Waals surface area (Å²) in [6.45, 7) is 5.01. The lowest BCUT2D eigenvalue weighted by molar-refractivity contribution is -0.140. The summed E-state index contributed by atoms with van der Waals surface area (Å²) >= 11 is 0. The van der Waals surface area contributed by atoms with Crippen LogP contribution in [0.1, 0.15) is 31.5 Å². The molecule has 5 nitrogen and oxygen atoms in total. The molecular formula is C13H19N3O2. The number of hydrogen-bond donors (Lipinski definition) is 1. The Morgan fingerprint density at radius 2 is 2.28 bits per heavy atom. The second-order valence-electron chi connectivity index (χ2n) is 4.75. The largest absolute Gasteiger partial charge is 0.481 e. The molecule has 0 bridgehead atoms. The molecule has 98 valence electrons. The average Bonchev–Trinajstić information content (AvgIpc) is 2.83. The number of nitrogens with zero attached hydrogens (tertiary/aromatic N) is 3. The van der Waals surface area contributed by atoms with Gasteiger partial charge in [-0.25, -0.2) is 9.97 Å². The van der Waals surface area contributed by atoms with E-state index in [1.165, 1.54) is 5.56 Å². The summed E-state index contributed by atoms with van der Waals surface area (Å²) in [6.07, 6.45) is 4.72. The minimum Gasteiger partial charge on any atom is -0.481 e. The monoisotopic (exact) mass is 249 g/mol. The van der Waals surface area contributed by atoms with Gasteiger partial charge in [-0.2, -0.15) is 0 Å². The van der Waals surface area contributed by atoms with Gasteiger partial charge in [0.1, 0.15) is 12.1 Å². The van der Waals surface area contributed by atoms with Crippen molar-refractivity contribution in [3.8, 4) is 0 Å². The first kappa shape index (κ1) is 12.8. The molecule has 1 aromatic heterocycles. The minimum absolute atomic E-state index is 0.392. The summed E-state index contributed by atoms with van der Waals surface area (Å²) in [5.41, 5.74) is 2.33. The van der Waals surface area contributed by atoms with E-state index < -0.39 is 11.9 Å². The maximum absolute atomic E-state index is 11.0. The summed E-state index contributed by atoms with van der Waals surface area (Å²) in [7, 11) is 0. The Balaban J connectivity index is 2.23. The van der Waals surface area contributed by atoms with E-state index in [0.717, 1.165) is 37.3 Å². The van der Waals surface area contributed by atoms with Gasteiger partial charge in [0.05, 0.1) is 5.92 Å². The smallest absolute Gasteiger partial charge is 0.308 e. The Hall–Kier alpha value is -1.65. The molecule has 1 atom stereocenters. The summed E-state index contributed by atoms with van der Waals surface area (Å²) < 4.78 is 0. The van der Waals surface area contributed by atoms with Gasteiger partial charge in [0, 0.05) is 24.3 Å². The molecule has 5 heteroatoms. The number of fused-ring (bicyclic) bond motifs is 1. The van der Waals surface area contributed by atoms with Gasteiger partial charge < -0.3 is 10.0 Å². The van der Waals surface area contributed by atoms with Crippen LogP contribution in [0.15, 0.2) is 6.33 Å². The SMILES string of the molecule is CCN(CC(C)C(=O)O)c1ncnc2c1CCC2. The van der Waals surface area contributed by atoms with E-state index in [0.29, 0.717) is 6.54 Å². The third kappa shape index (κ3) is 2.44. The van der Waals surface area contributed by atoms with Crippen molar-refractivity contribution < 1.29 is 9.90 Å². The third-order valence-electron chi connectivity index (χ3n) is 3.45. The zero-order chi connectivity index (χ0) is 13.1. The summed E-state index contributed by atoms with van der Waals surface area (Å²) in [5, 5.41) is 9.01. The summed E-state index contributed by atoms with van der Waals surface area (Å²) in [4.78, 5) is 21.7. The van der Waals surface area contributed by atoms with Gasteiger partial charge in [0.15, 0.2) is 0 Å². The molecule has 0 fully saturated rings. The van der Waals surface area contributed by atoms with E-state index in [1.54, 1.807) is 13.3 Å². The molecule has 2 rings (SSSR count). The van der Waals surface area contributed by atoms with Gasteiger partial charge in [-0.15, -0.1) is 0 Å². The van der Waals surface area contributed by atoms with Crippen molar-refractivity contribution >= 4 is 11.8 Å². The second kappa shape index (κ2) is 5.33. The van der Waals surface area contributed by atoms with Crippen molar-refractivity contribution in [2.45, 2.75) is 33.1 Å². The molecule has 0 spiro atoms. The Labute approximate surface area is 107 Å². The number of carboxylic acid groups (broad SMARTS) is 1. The van der Waals surface area contributed by atoms with Gasteiger partial charge in [-0.05, 0) is 26.2 Å². The van der Waals surface area contributed by atoms with Crippen LogP contribution < -0.4 is 4.90 Å². The normalized spacial score (nSPS) is 15.2. The molecule has 1 aliphatic carbocycles. The number of aromatic nitrogens is 2. The Kier molecular flexibility index (Phi) is 3.79. The molecule has 0 saturated carbocycles. The number of hydrogen-bond acceptors (Lipinski definition) is 4. The lowest BCUT2D eigenvalue weighted by atomic mass is 10.1. The fourth-order valence-corrected chi connectivity index (χ4v) is 2.39. The maximum Gasteiger partial charge on any atom is 0.308 e. The summed E-state index contributed by atoms with van der Waals surface area (Å²) in [5.74, 6) is -0.232. The number of aryl methyl sites for hydroxylation is 1. The Morgan fingerprint density at radius 3 is 2.94 bits per heavy atom. The van der Waals surface area contributed by atoms with E-state index in [2.05, 4.69) is 9.97 Å². The molecule has 1 heterocycles. The molecule has 0 aromatic carbocycles. The molecule has 0 saturated heterocycles. The van der Waals surface area contributed by atoms with Crippen LogP contribution in [0.25, 0.3) is 0 Å². The highest BCUT2D eigenvalue weighted by Gasteiger charge is 2.22. The lowest BCUT2D eigenvalue weighted by Gasteiger charge is -2.25. The van der Waals surface area contributed by atoms with Gasteiger partial charge in [-0.1, -0.05) is 6.92 Å². The van der Waals surface area contributed by atoms with Gasteiger partial charge in [0.2, 0.25) is 0 Å². The zero-order valence-electron chi connectivity index (χ0n) is 10.9. The van der Waals surface area contributed by atoms with E-state index in [-0.39, 0.29) is 0 Å². The average molecular weight is 249 g/mol. The Morgan fingerprint density at radius 1 is 1.50 bits per heavy atom. The fourth-order valence-electron chi connectivity index (χ4n) is 2.39. The van der Waals surface area contributed by atoms with Crippen LogP contribution in [0.3, 0.4) is 0 Å². The molecule has 0 amide bonds. The molecule has 18 heavy (non-hydrogen) atoms. The number of rotatable bonds is 5. The van der Waals surface area contributed by atoms with Gasteiger partial charge in [-0.3, -0.25) is 4.79 Å². The molecule has 1 N–H and O–H groups in total. The topological polar surface area (TPSA) is 66.3 Å². The molecule has 1 aliphatic rings. The van der Waals surface area contributed by atoms with Crippen LogP contribution in [0.2, 0.25) is 0 Å². The van der Waals surface area contributed by atoms with Crippen molar-refractivity contribution in [3.63, 3.8) is 0 Å². The molecule has 1 aromatic rings. The first-order chi connectivity index (χ1) is 8.63. The fraction of sp³-hybridized carbons (Fsp3) is 0.615. The predicted molar refractivity (Wildman–Crippen MR) is 68.7 cm³/mol. The second-order valence-corrected chi connectivity index (χ2v) is 4.75. The first-order valence-electron chi connectivity index (χ1n) is 6.44. The molecule has 0 aliphatic heterocycles. The number of carbonyl (C=O) groups is 1. The van der Waals surface area contributed by atoms with E-state index in [4.69, 9.17) is 5.11 Å². The lowest BCUT2D eigenvalue weighted by Crippen LogP contribution is -2.33. The Bertz CT molecular complexity index is 448. The van der Waals surface area contributed by atoms with Crippen molar-refractivity contribution in [2.75, 3.05) is 18.0 Å². The zero-order valence-corrected chi connectivity index (χ0v) is 10.9. The predicted octanol–water partition coefficient (Wildman–Crippen LogP) is 1.51. The highest BCUT2D eigenvalue weighted by atomic mass is 16.4. The van der Waals surface area contributed by atoms with Crippen LogP contribution >= 0.6 is 0 Å². The van der Waals surface area contributed by atoms with Crippen molar-refractivity contribution in [1.29, 1.82) is 0 Å². The van der Waals surface area contributed by atoms with Crippen molar-refractivity contribution in [2.24, 2.45) is 5.92 Å². The van der Waals surface area contributed by atoms with Crippen molar-refractivity contribution in [1.82, 2.24) is 9.97 Å². The van der Waals surface area contributed by atoms with Crippen LogP contribution in [-0.4, -0.2) is 34.1 Å². The third-order valence-corrected chi connectivity index (χ3v) is 3.45. The molecule has 1 unspecified atom stereocenters. The maximum atomic E-state index is 11.0. The van der Waals surface area contributed by atoms with Crippen LogP contribution in [-0.2, 0) is 17.6 Å². The van der Waals surface area contributed by atoms with Crippen LogP contribution in [0, 0.1) is 5.92 Å². The van der Waals surface area contributed by atoms with E-state index >= 15 is 0 Å². The highest BCUT2D eigenvalue weighted by Crippen LogP contribution is 2.28. The first-order valence-corrected chi connectivity index (χ1v) is 6.44. The van der Waals surface area contributed by atoms with E-state index in [9.17, 15) is 4.79 Å². The number of aliphatic carboxylic acids is 1. The molecule has 0 radical (unpaired) electrons. The number of carboxylic acids is 1. The van der Waals surface area contributed by atoms with Crippen LogP contribution in [0.4, 0.5) is 5.82 Å². The van der Waals surface area contributed by atoms with E-state index in [1.807, 2.05) is 11.8 Å². The van der Waals surface area contributed by atoms with Crippen molar-refractivity contribution in [3.05, 3.63) is 17.6 Å². The van der Waals surface area contributed by atoms with Gasteiger partial charge >= 0.3 is 5.97 Å². The summed E-state index contributed by atoms with van der Waals surface area (Å²) in [6, 6.07) is 0. The molecular weight excluding hydrogens is 230 g/mol. The minimum atomic E-state index is -0.765. The quantitative estimate of drug-likeness (QED) is 0.856. The standard InChI is InChI=1S/C13H19N3O2/c1-3-16(7-9(2)13(17)18)12-10-5-4-6-11(10)14-8-15-12/h8-9H,3-7H2,1-2H3,(H,17,18). The van der Waals surface area contributed by atoms with Gasteiger partial charge in [0.25, 0.3) is 0 Å².